The van der Waals surface area contributed by atoms with Crippen LogP contribution in [0.25, 0.3) is 0 Å². The summed E-state index contributed by atoms with van der Waals surface area (Å²) in [5, 5.41) is 0.262. The minimum absolute atomic E-state index is 0.0311. The summed E-state index contributed by atoms with van der Waals surface area (Å²) < 4.78 is 112. The SMILES string of the molecule is CC(C)=CC[C@H]1O[C@]1(C)[C@H]1C[C@H](OCCP(=O)(c2ccc(C(F)(F)F)cc2)c2ccc(C(F)(F)F)cc2)CC[C@]12CO2. The Labute approximate surface area is 241 Å². The van der Waals surface area contributed by atoms with Gasteiger partial charge in [-0.15, -0.1) is 0 Å². The molecule has 3 aliphatic rings. The first-order valence-corrected chi connectivity index (χ1v) is 16.0. The molecule has 1 spiro atoms. The van der Waals surface area contributed by atoms with Crippen LogP contribution in [0.2, 0.25) is 0 Å². The van der Waals surface area contributed by atoms with Crippen molar-refractivity contribution in [2.75, 3.05) is 19.4 Å². The zero-order valence-electron chi connectivity index (χ0n) is 23.7. The molecule has 5 rings (SSSR count). The average molecular weight is 617 g/mol. The molecule has 2 aromatic carbocycles. The summed E-state index contributed by atoms with van der Waals surface area (Å²) in [4.78, 5) is 0. The van der Waals surface area contributed by atoms with Crippen LogP contribution in [0.1, 0.15) is 57.6 Å². The molecule has 1 aliphatic carbocycles. The van der Waals surface area contributed by atoms with E-state index >= 15 is 0 Å². The van der Waals surface area contributed by atoms with Gasteiger partial charge in [-0.1, -0.05) is 35.9 Å². The zero-order chi connectivity index (χ0) is 30.6. The smallest absolute Gasteiger partial charge is 0.378 e. The van der Waals surface area contributed by atoms with Crippen LogP contribution < -0.4 is 10.6 Å². The molecule has 0 radical (unpaired) electrons. The van der Waals surface area contributed by atoms with Crippen LogP contribution in [-0.2, 0) is 31.1 Å². The third-order valence-electron chi connectivity index (χ3n) is 8.93. The topological polar surface area (TPSA) is 51.4 Å². The van der Waals surface area contributed by atoms with Crippen LogP contribution in [0.4, 0.5) is 26.3 Å². The zero-order valence-corrected chi connectivity index (χ0v) is 24.6. The van der Waals surface area contributed by atoms with E-state index in [2.05, 4.69) is 13.0 Å². The number of alkyl halides is 6. The predicted molar refractivity (Wildman–Crippen MR) is 148 cm³/mol. The van der Waals surface area contributed by atoms with Crippen LogP contribution in [0.5, 0.6) is 0 Å². The van der Waals surface area contributed by atoms with E-state index in [1.165, 1.54) is 5.57 Å². The number of ether oxygens (including phenoxy) is 3. The maximum atomic E-state index is 14.4. The molecule has 2 heterocycles. The fraction of sp³-hybridized carbons (Fsp3) is 0.548. The summed E-state index contributed by atoms with van der Waals surface area (Å²) in [6, 6.07) is 7.94. The number of halogens is 6. The largest absolute Gasteiger partial charge is 0.416 e. The molecule has 4 nitrogen and oxygen atoms in total. The molecule has 1 saturated carbocycles. The van der Waals surface area contributed by atoms with Crippen LogP contribution in [0.3, 0.4) is 0 Å². The minimum atomic E-state index is -4.58. The van der Waals surface area contributed by atoms with E-state index in [0.29, 0.717) is 13.0 Å². The predicted octanol–water partition coefficient (Wildman–Crippen LogP) is 7.51. The Kier molecular flexibility index (Phi) is 8.27. The molecule has 0 amide bonds. The lowest BCUT2D eigenvalue weighted by Crippen LogP contribution is -2.44. The van der Waals surface area contributed by atoms with Gasteiger partial charge in [0.2, 0.25) is 0 Å². The molecular formula is C31H35F6O4P. The van der Waals surface area contributed by atoms with Crippen molar-refractivity contribution in [3.8, 4) is 0 Å². The Bertz CT molecular complexity index is 1280. The normalized spacial score (nSPS) is 29.4. The van der Waals surface area contributed by atoms with Gasteiger partial charge in [-0.25, -0.2) is 0 Å². The lowest BCUT2D eigenvalue weighted by atomic mass is 9.70. The molecule has 2 aromatic rings. The van der Waals surface area contributed by atoms with Crippen molar-refractivity contribution in [3.05, 3.63) is 71.3 Å². The molecule has 5 atom stereocenters. The van der Waals surface area contributed by atoms with Crippen LogP contribution in [0, 0.1) is 5.92 Å². The highest BCUT2D eigenvalue weighted by atomic mass is 31.2. The number of epoxide rings is 2. The highest BCUT2D eigenvalue weighted by Crippen LogP contribution is 2.59. The Morgan fingerprint density at radius 3 is 1.95 bits per heavy atom. The average Bonchev–Trinajstić information content (AvgIpc) is 3.84. The van der Waals surface area contributed by atoms with Gasteiger partial charge in [0.05, 0.1) is 47.8 Å². The third kappa shape index (κ3) is 6.37. The molecule has 230 valence electrons. The van der Waals surface area contributed by atoms with Gasteiger partial charge < -0.3 is 18.8 Å². The van der Waals surface area contributed by atoms with Crippen LogP contribution in [0.15, 0.2) is 60.2 Å². The number of benzene rings is 2. The van der Waals surface area contributed by atoms with Gasteiger partial charge in [-0.3, -0.25) is 0 Å². The van der Waals surface area contributed by atoms with Gasteiger partial charge in [-0.2, -0.15) is 26.3 Å². The van der Waals surface area contributed by atoms with Gasteiger partial charge >= 0.3 is 12.4 Å². The molecule has 0 unspecified atom stereocenters. The summed E-state index contributed by atoms with van der Waals surface area (Å²) in [6.07, 6.45) is -4.09. The van der Waals surface area contributed by atoms with E-state index in [0.717, 1.165) is 67.8 Å². The molecule has 2 aliphatic heterocycles. The summed E-state index contributed by atoms with van der Waals surface area (Å²) in [6.45, 7) is 6.91. The molecule has 42 heavy (non-hydrogen) atoms. The first-order valence-electron chi connectivity index (χ1n) is 14.1. The highest BCUT2D eigenvalue weighted by molar-refractivity contribution is 7.78. The molecule has 2 saturated heterocycles. The van der Waals surface area contributed by atoms with E-state index in [9.17, 15) is 30.9 Å². The Morgan fingerprint density at radius 2 is 1.50 bits per heavy atom. The van der Waals surface area contributed by atoms with Crippen LogP contribution in [-0.4, -0.2) is 42.8 Å². The van der Waals surface area contributed by atoms with Crippen molar-refractivity contribution >= 4 is 17.8 Å². The maximum Gasteiger partial charge on any atom is 0.416 e. The van der Waals surface area contributed by atoms with Gasteiger partial charge in [0.25, 0.3) is 0 Å². The lowest BCUT2D eigenvalue weighted by molar-refractivity contribution is -0.138. The van der Waals surface area contributed by atoms with E-state index in [1.54, 1.807) is 0 Å². The Balaban J connectivity index is 1.31. The van der Waals surface area contributed by atoms with Gasteiger partial charge in [-0.05, 0) is 70.7 Å². The molecule has 0 N–H and O–H groups in total. The molecule has 0 aromatic heterocycles. The van der Waals surface area contributed by atoms with Gasteiger partial charge in [0.15, 0.2) is 0 Å². The van der Waals surface area contributed by atoms with Gasteiger partial charge in [0, 0.05) is 22.7 Å². The fourth-order valence-corrected chi connectivity index (χ4v) is 8.70. The van der Waals surface area contributed by atoms with E-state index < -0.39 is 30.6 Å². The van der Waals surface area contributed by atoms with Crippen molar-refractivity contribution in [1.29, 1.82) is 0 Å². The number of hydrogen-bond acceptors (Lipinski definition) is 4. The second kappa shape index (κ2) is 11.1. The second-order valence-electron chi connectivity index (χ2n) is 12.0. The highest BCUT2D eigenvalue weighted by Gasteiger charge is 2.68. The summed E-state index contributed by atoms with van der Waals surface area (Å²) in [5.74, 6) is 0.121. The van der Waals surface area contributed by atoms with Crippen molar-refractivity contribution in [3.63, 3.8) is 0 Å². The molecule has 0 bridgehead atoms. The summed E-state index contributed by atoms with van der Waals surface area (Å²) in [5.41, 5.74) is -1.13. The third-order valence-corrected chi connectivity index (χ3v) is 12.0. The Hall–Kier alpha value is -2.13. The summed E-state index contributed by atoms with van der Waals surface area (Å²) >= 11 is 0. The Morgan fingerprint density at radius 1 is 0.976 bits per heavy atom. The maximum absolute atomic E-state index is 14.4. The molecule has 11 heteroatoms. The quantitative estimate of drug-likeness (QED) is 0.127. The monoisotopic (exact) mass is 616 g/mol. The minimum Gasteiger partial charge on any atom is -0.378 e. The molecule has 3 fully saturated rings. The van der Waals surface area contributed by atoms with E-state index in [4.69, 9.17) is 14.2 Å². The lowest BCUT2D eigenvalue weighted by Gasteiger charge is -2.37. The summed E-state index contributed by atoms with van der Waals surface area (Å²) in [7, 11) is -3.63. The first-order chi connectivity index (χ1) is 19.6. The van der Waals surface area contributed by atoms with Crippen molar-refractivity contribution in [2.45, 2.75) is 82.2 Å². The number of hydrogen-bond donors (Lipinski definition) is 0. The first kappa shape index (κ1) is 31.3. The van der Waals surface area contributed by atoms with E-state index in [1.807, 2.05) is 13.8 Å². The van der Waals surface area contributed by atoms with E-state index in [-0.39, 0.29) is 52.7 Å². The molecular weight excluding hydrogens is 581 g/mol. The van der Waals surface area contributed by atoms with Crippen molar-refractivity contribution < 1.29 is 45.1 Å². The second-order valence-corrected chi connectivity index (χ2v) is 15.0. The van der Waals surface area contributed by atoms with Crippen molar-refractivity contribution in [1.82, 2.24) is 0 Å². The van der Waals surface area contributed by atoms with Crippen molar-refractivity contribution in [2.24, 2.45) is 5.92 Å². The van der Waals surface area contributed by atoms with Gasteiger partial charge in [0.1, 0.15) is 7.14 Å². The fourth-order valence-electron chi connectivity index (χ4n) is 6.26. The standard InChI is InChI=1S/C31H35F6O4P/c1-20(2)4-13-27-28(3,41-27)26-18-23(14-15-29(26)19-40-29)39-16-17-42(38,24-9-5-21(6-10-24)30(32,33)34)25-11-7-22(8-12-25)31(35,36)37/h4-12,23,26-27H,13-19H2,1-3H3/t23-,26-,27-,28-,29+/m1/s1. The number of allylic oxidation sites excluding steroid dienone is 1. The van der Waals surface area contributed by atoms with Crippen LogP contribution >= 0.6 is 7.14 Å². The number of rotatable bonds is 9.